The maximum atomic E-state index is 5.33. The second-order valence-corrected chi connectivity index (χ2v) is 13.4. The van der Waals surface area contributed by atoms with Crippen LogP contribution in [0.2, 0.25) is 0 Å². The van der Waals surface area contributed by atoms with Crippen molar-refractivity contribution >= 4 is 75.9 Å². The number of para-hydroxylation sites is 1. The summed E-state index contributed by atoms with van der Waals surface area (Å²) in [4.78, 5) is 19.6. The van der Waals surface area contributed by atoms with Crippen molar-refractivity contribution in [1.29, 1.82) is 0 Å². The minimum Gasteiger partial charge on any atom is -0.256 e. The van der Waals surface area contributed by atoms with Crippen LogP contribution in [0.1, 0.15) is 0 Å². The molecule has 11 rings (SSSR count). The molecule has 0 spiro atoms. The number of nitrogens with zero attached hydrogens (tertiary/aromatic N) is 4. The van der Waals surface area contributed by atoms with Gasteiger partial charge in [-0.3, -0.25) is 15.0 Å². The van der Waals surface area contributed by atoms with Crippen LogP contribution in [0.4, 0.5) is 0 Å². The minimum atomic E-state index is 0.914. The predicted molar refractivity (Wildman–Crippen MR) is 216 cm³/mol. The van der Waals surface area contributed by atoms with Crippen molar-refractivity contribution in [3.8, 4) is 33.5 Å². The molecule has 0 atom stereocenters. The third-order valence-corrected chi connectivity index (χ3v) is 10.5. The number of aromatic nitrogens is 4. The Morgan fingerprint density at radius 3 is 1.85 bits per heavy atom. The number of pyridine rings is 4. The van der Waals surface area contributed by atoms with E-state index in [-0.39, 0.29) is 0 Å². The van der Waals surface area contributed by atoms with Crippen LogP contribution in [0.5, 0.6) is 0 Å². The Hall–Kier alpha value is -7.04. The average Bonchev–Trinajstić information content (AvgIpc) is 3.22. The molecule has 0 fully saturated rings. The molecule has 52 heavy (non-hydrogen) atoms. The lowest BCUT2D eigenvalue weighted by atomic mass is 9.90. The summed E-state index contributed by atoms with van der Waals surface area (Å²) in [5.41, 5.74) is 10.3. The van der Waals surface area contributed by atoms with Crippen molar-refractivity contribution < 1.29 is 0 Å². The molecule has 4 aromatic heterocycles. The Kier molecular flexibility index (Phi) is 6.22. The van der Waals surface area contributed by atoms with E-state index >= 15 is 0 Å². The van der Waals surface area contributed by atoms with Crippen LogP contribution in [0.3, 0.4) is 0 Å². The molecule has 4 heteroatoms. The lowest BCUT2D eigenvalue weighted by molar-refractivity contribution is 1.37. The molecule has 11 aromatic rings. The number of rotatable bonds is 3. The Morgan fingerprint density at radius 2 is 1.02 bits per heavy atom. The van der Waals surface area contributed by atoms with Crippen molar-refractivity contribution in [3.05, 3.63) is 170 Å². The Balaban J connectivity index is 1.04. The zero-order valence-electron chi connectivity index (χ0n) is 28.0. The summed E-state index contributed by atoms with van der Waals surface area (Å²) < 4.78 is 0. The zero-order chi connectivity index (χ0) is 34.2. The van der Waals surface area contributed by atoms with Crippen molar-refractivity contribution in [2.45, 2.75) is 0 Å². The molecule has 0 saturated heterocycles. The molecular weight excluding hydrogens is 633 g/mol. The van der Waals surface area contributed by atoms with Gasteiger partial charge in [0.05, 0.1) is 27.8 Å². The summed E-state index contributed by atoms with van der Waals surface area (Å²) in [6, 6.07) is 53.9. The van der Waals surface area contributed by atoms with Crippen molar-refractivity contribution in [1.82, 2.24) is 19.9 Å². The van der Waals surface area contributed by atoms with E-state index in [0.717, 1.165) is 71.7 Å². The van der Waals surface area contributed by atoms with Crippen LogP contribution >= 0.6 is 0 Å². The van der Waals surface area contributed by atoms with Crippen molar-refractivity contribution in [2.75, 3.05) is 0 Å². The van der Waals surface area contributed by atoms with E-state index in [2.05, 4.69) is 151 Å². The molecule has 0 amide bonds. The molecule has 0 N–H and O–H groups in total. The summed E-state index contributed by atoms with van der Waals surface area (Å²) in [5, 5.41) is 11.8. The Morgan fingerprint density at radius 1 is 0.346 bits per heavy atom. The van der Waals surface area contributed by atoms with Gasteiger partial charge >= 0.3 is 0 Å². The van der Waals surface area contributed by atoms with Gasteiger partial charge in [0.2, 0.25) is 0 Å². The van der Waals surface area contributed by atoms with Gasteiger partial charge in [0, 0.05) is 62.0 Å². The third-order valence-electron chi connectivity index (χ3n) is 10.5. The van der Waals surface area contributed by atoms with Gasteiger partial charge in [0.25, 0.3) is 0 Å². The van der Waals surface area contributed by atoms with E-state index in [1.54, 1.807) is 0 Å². The zero-order valence-corrected chi connectivity index (χ0v) is 28.0. The molecule has 0 bridgehead atoms. The Labute approximate surface area is 298 Å². The molecule has 7 aromatic carbocycles. The fourth-order valence-corrected chi connectivity index (χ4v) is 8.12. The second-order valence-electron chi connectivity index (χ2n) is 13.4. The molecule has 0 aliphatic rings. The van der Waals surface area contributed by atoms with Gasteiger partial charge < -0.3 is 0 Å². The van der Waals surface area contributed by atoms with Gasteiger partial charge in [-0.15, -0.1) is 0 Å². The number of fused-ring (bicyclic) bond motifs is 12. The van der Waals surface area contributed by atoms with Gasteiger partial charge in [-0.05, 0) is 74.6 Å². The summed E-state index contributed by atoms with van der Waals surface area (Å²) in [6.07, 6.45) is 5.68. The van der Waals surface area contributed by atoms with Gasteiger partial charge in [-0.2, -0.15) is 0 Å². The summed E-state index contributed by atoms with van der Waals surface area (Å²) in [6.45, 7) is 0. The van der Waals surface area contributed by atoms with Gasteiger partial charge in [0.1, 0.15) is 0 Å². The van der Waals surface area contributed by atoms with Crippen LogP contribution in [0.25, 0.3) is 109 Å². The fourth-order valence-electron chi connectivity index (χ4n) is 8.12. The highest BCUT2D eigenvalue weighted by Crippen LogP contribution is 2.43. The van der Waals surface area contributed by atoms with Gasteiger partial charge in [0.15, 0.2) is 0 Å². The smallest absolute Gasteiger partial charge is 0.0970 e. The highest BCUT2D eigenvalue weighted by atomic mass is 14.7. The highest BCUT2D eigenvalue weighted by molar-refractivity contribution is 6.33. The van der Waals surface area contributed by atoms with Crippen LogP contribution < -0.4 is 0 Å². The van der Waals surface area contributed by atoms with E-state index in [0.29, 0.717) is 0 Å². The van der Waals surface area contributed by atoms with Crippen LogP contribution in [0, 0.1) is 0 Å². The molecule has 240 valence electrons. The lowest BCUT2D eigenvalue weighted by Crippen LogP contribution is -1.93. The monoisotopic (exact) mass is 660 g/mol. The van der Waals surface area contributed by atoms with Crippen LogP contribution in [-0.4, -0.2) is 19.9 Å². The molecular formula is C48H28N4. The predicted octanol–water partition coefficient (Wildman–Crippen LogP) is 12.3. The maximum Gasteiger partial charge on any atom is 0.0970 e. The first-order chi connectivity index (χ1) is 25.8. The molecule has 0 aliphatic heterocycles. The van der Waals surface area contributed by atoms with Gasteiger partial charge in [-0.25, -0.2) is 4.98 Å². The fraction of sp³-hybridized carbons (Fsp3) is 0. The quantitative estimate of drug-likeness (QED) is 0.177. The number of hydrogen-bond donors (Lipinski definition) is 0. The average molecular weight is 661 g/mol. The summed E-state index contributed by atoms with van der Waals surface area (Å²) >= 11 is 0. The van der Waals surface area contributed by atoms with E-state index < -0.39 is 0 Å². The van der Waals surface area contributed by atoms with Crippen LogP contribution in [-0.2, 0) is 0 Å². The number of benzene rings is 7. The minimum absolute atomic E-state index is 0.914. The third kappa shape index (κ3) is 4.34. The topological polar surface area (TPSA) is 51.6 Å². The van der Waals surface area contributed by atoms with Crippen molar-refractivity contribution in [2.24, 2.45) is 0 Å². The van der Waals surface area contributed by atoms with E-state index in [9.17, 15) is 0 Å². The highest BCUT2D eigenvalue weighted by Gasteiger charge is 2.17. The summed E-state index contributed by atoms with van der Waals surface area (Å²) in [5.74, 6) is 0. The molecule has 0 saturated carbocycles. The largest absolute Gasteiger partial charge is 0.256 e. The molecule has 0 radical (unpaired) electrons. The van der Waals surface area contributed by atoms with E-state index in [1.807, 2.05) is 24.7 Å². The lowest BCUT2D eigenvalue weighted by Gasteiger charge is -2.16. The first kappa shape index (κ1) is 28.8. The Bertz CT molecular complexity index is 3240. The van der Waals surface area contributed by atoms with Crippen molar-refractivity contribution in [3.63, 3.8) is 0 Å². The van der Waals surface area contributed by atoms with Gasteiger partial charge in [-0.1, -0.05) is 115 Å². The molecule has 4 nitrogen and oxygen atoms in total. The number of hydrogen-bond acceptors (Lipinski definition) is 4. The first-order valence-electron chi connectivity index (χ1n) is 17.5. The molecule has 4 heterocycles. The molecule has 0 aliphatic carbocycles. The normalized spacial score (nSPS) is 11.8. The molecule has 0 unspecified atom stereocenters. The second kappa shape index (κ2) is 11.2. The first-order valence-corrected chi connectivity index (χ1v) is 17.5. The van der Waals surface area contributed by atoms with E-state index in [1.165, 1.54) is 37.7 Å². The maximum absolute atomic E-state index is 5.33. The van der Waals surface area contributed by atoms with Crippen LogP contribution in [0.15, 0.2) is 170 Å². The standard InChI is InChI=1S/C48H28N4/c1-3-11-38-36(9-1)37-10-2-4-12-39(37)45-44(38)41-13-5-6-14-43(41)52-46(45)31-17-15-29(16-18-31)34-27-33-26-32(20-22-42(33)51-28-34)35-23-25-50-48-40(35)21-19-30-8-7-24-49-47(30)48/h1-28H. The summed E-state index contributed by atoms with van der Waals surface area (Å²) in [7, 11) is 0. The SMILES string of the molecule is c1cnc2c(c1)ccc1c(-c3ccc4ncc(-c5ccc(-c6nc7ccccc7c7c8ccccc8c8ccccc8c67)cc5)cc4c3)ccnc12. The van der Waals surface area contributed by atoms with E-state index in [4.69, 9.17) is 15.0 Å².